The Balaban J connectivity index is 1.71. The van der Waals surface area contributed by atoms with Crippen LogP contribution in [0.5, 0.6) is 0 Å². The molecule has 0 aliphatic carbocycles. The van der Waals surface area contributed by atoms with Crippen molar-refractivity contribution in [3.8, 4) is 0 Å². The minimum Gasteiger partial charge on any atom is -0.273 e. The molecule has 136 valence electrons. The highest BCUT2D eigenvalue weighted by Crippen LogP contribution is 2.25. The number of carbonyl (C=O) groups is 1. The molecular formula is C20H17N3O3S. The zero-order valence-corrected chi connectivity index (χ0v) is 15.2. The number of hydrogen-bond acceptors (Lipinski definition) is 4. The molecule has 0 radical (unpaired) electrons. The summed E-state index contributed by atoms with van der Waals surface area (Å²) in [6.07, 6.45) is 0.894. The van der Waals surface area contributed by atoms with Crippen molar-refractivity contribution in [1.29, 1.82) is 0 Å². The maximum absolute atomic E-state index is 12.3. The molecule has 1 aliphatic heterocycles. The van der Waals surface area contributed by atoms with E-state index in [1.54, 1.807) is 0 Å². The number of fused-ring (bicyclic) bond motifs is 1. The molecule has 7 heteroatoms. The monoisotopic (exact) mass is 379 g/mol. The van der Waals surface area contributed by atoms with Crippen molar-refractivity contribution in [2.45, 2.75) is 17.7 Å². The van der Waals surface area contributed by atoms with E-state index in [9.17, 15) is 13.2 Å². The molecule has 0 atom stereocenters. The Kier molecular flexibility index (Phi) is 4.25. The van der Waals surface area contributed by atoms with E-state index in [2.05, 4.69) is 11.2 Å². The van der Waals surface area contributed by atoms with Gasteiger partial charge in [-0.1, -0.05) is 36.4 Å². The molecule has 1 aliphatic rings. The molecule has 0 spiro atoms. The van der Waals surface area contributed by atoms with Gasteiger partial charge in [-0.25, -0.2) is 18.6 Å². The van der Waals surface area contributed by atoms with E-state index in [0.29, 0.717) is 18.5 Å². The van der Waals surface area contributed by atoms with Gasteiger partial charge in [0.15, 0.2) is 0 Å². The standard InChI is InChI=1S/C20H17N3O3S/c21-27(25,26)18-9-7-17(8-10-18)23-20(24)12-11-19(22-23)16-6-5-14-3-1-2-4-15(14)13-16/h1-10,13H,11-12H2,(H2,21,25,26). The quantitative estimate of drug-likeness (QED) is 0.758. The topological polar surface area (TPSA) is 92.8 Å². The second-order valence-electron chi connectivity index (χ2n) is 6.35. The molecule has 2 N–H and O–H groups in total. The van der Waals surface area contributed by atoms with Crippen molar-refractivity contribution >= 4 is 38.1 Å². The predicted molar refractivity (Wildman–Crippen MR) is 105 cm³/mol. The van der Waals surface area contributed by atoms with Gasteiger partial charge in [0.2, 0.25) is 15.9 Å². The Hall–Kier alpha value is -3.03. The van der Waals surface area contributed by atoms with E-state index in [1.807, 2.05) is 36.4 Å². The molecule has 0 unspecified atom stereocenters. The fourth-order valence-electron chi connectivity index (χ4n) is 3.11. The number of nitrogens with zero attached hydrogens (tertiary/aromatic N) is 2. The molecule has 4 rings (SSSR count). The van der Waals surface area contributed by atoms with Crippen LogP contribution >= 0.6 is 0 Å². The molecule has 1 heterocycles. The van der Waals surface area contributed by atoms with Crippen LogP contribution in [0.2, 0.25) is 0 Å². The highest BCUT2D eigenvalue weighted by atomic mass is 32.2. The van der Waals surface area contributed by atoms with E-state index < -0.39 is 10.0 Å². The number of primary sulfonamides is 1. The molecule has 0 bridgehead atoms. The number of anilines is 1. The molecule has 6 nitrogen and oxygen atoms in total. The lowest BCUT2D eigenvalue weighted by molar-refractivity contribution is -0.118. The average Bonchev–Trinajstić information content (AvgIpc) is 2.67. The maximum Gasteiger partial charge on any atom is 0.247 e. The number of hydrogen-bond donors (Lipinski definition) is 1. The van der Waals surface area contributed by atoms with Crippen LogP contribution in [0.15, 0.2) is 76.7 Å². The van der Waals surface area contributed by atoms with Crippen LogP contribution in [0.4, 0.5) is 5.69 Å². The van der Waals surface area contributed by atoms with Gasteiger partial charge in [-0.3, -0.25) is 4.79 Å². The summed E-state index contributed by atoms with van der Waals surface area (Å²) in [6, 6.07) is 20.0. The molecule has 1 amide bonds. The van der Waals surface area contributed by atoms with Gasteiger partial charge in [0.25, 0.3) is 0 Å². The molecule has 0 saturated heterocycles. The lowest BCUT2D eigenvalue weighted by Crippen LogP contribution is -2.31. The number of nitrogens with two attached hydrogens (primary N) is 1. The molecule has 0 saturated carbocycles. The van der Waals surface area contributed by atoms with Crippen molar-refractivity contribution in [3.05, 3.63) is 72.3 Å². The first-order chi connectivity index (χ1) is 12.9. The summed E-state index contributed by atoms with van der Waals surface area (Å²) >= 11 is 0. The first-order valence-electron chi connectivity index (χ1n) is 8.44. The molecule has 0 fully saturated rings. The smallest absolute Gasteiger partial charge is 0.247 e. The minimum atomic E-state index is -3.78. The number of benzene rings is 3. The SMILES string of the molecule is NS(=O)(=O)c1ccc(N2N=C(c3ccc4ccccc4c3)CCC2=O)cc1. The first kappa shape index (κ1) is 17.4. The van der Waals surface area contributed by atoms with Gasteiger partial charge in [-0.05, 0) is 46.7 Å². The van der Waals surface area contributed by atoms with Crippen LogP contribution in [-0.4, -0.2) is 20.0 Å². The zero-order valence-electron chi connectivity index (χ0n) is 14.4. The molecule has 3 aromatic rings. The highest BCUT2D eigenvalue weighted by Gasteiger charge is 2.23. The van der Waals surface area contributed by atoms with Gasteiger partial charge < -0.3 is 0 Å². The second kappa shape index (κ2) is 6.61. The number of rotatable bonds is 3. The molecule has 3 aromatic carbocycles. The summed E-state index contributed by atoms with van der Waals surface area (Å²) in [5, 5.41) is 13.2. The third kappa shape index (κ3) is 3.47. The average molecular weight is 379 g/mol. The van der Waals surface area contributed by atoms with Gasteiger partial charge in [0.05, 0.1) is 16.3 Å². The number of amides is 1. The van der Waals surface area contributed by atoms with Gasteiger partial charge in [0.1, 0.15) is 0 Å². The predicted octanol–water partition coefficient (Wildman–Crippen LogP) is 3.02. The fourth-order valence-corrected chi connectivity index (χ4v) is 3.62. The number of hydrazone groups is 1. The lowest BCUT2D eigenvalue weighted by Gasteiger charge is -2.24. The third-order valence-electron chi connectivity index (χ3n) is 4.53. The summed E-state index contributed by atoms with van der Waals surface area (Å²) in [5.74, 6) is -0.136. The van der Waals surface area contributed by atoms with Crippen molar-refractivity contribution in [2.24, 2.45) is 10.2 Å². The number of sulfonamides is 1. The fraction of sp³-hybridized carbons (Fsp3) is 0.100. The van der Waals surface area contributed by atoms with Crippen LogP contribution in [0.25, 0.3) is 10.8 Å². The summed E-state index contributed by atoms with van der Waals surface area (Å²) < 4.78 is 22.8. The second-order valence-corrected chi connectivity index (χ2v) is 7.91. The van der Waals surface area contributed by atoms with Crippen molar-refractivity contribution in [3.63, 3.8) is 0 Å². The van der Waals surface area contributed by atoms with Crippen LogP contribution in [0.1, 0.15) is 18.4 Å². The summed E-state index contributed by atoms with van der Waals surface area (Å²) in [6.45, 7) is 0. The van der Waals surface area contributed by atoms with Crippen molar-refractivity contribution < 1.29 is 13.2 Å². The Labute approximate surface area is 157 Å². The highest BCUT2D eigenvalue weighted by molar-refractivity contribution is 7.89. The molecule has 0 aromatic heterocycles. The third-order valence-corrected chi connectivity index (χ3v) is 5.45. The Morgan fingerprint density at radius 1 is 0.889 bits per heavy atom. The summed E-state index contributed by atoms with van der Waals surface area (Å²) in [4.78, 5) is 12.3. The van der Waals surface area contributed by atoms with Crippen molar-refractivity contribution in [2.75, 3.05) is 5.01 Å². The van der Waals surface area contributed by atoms with Gasteiger partial charge in [0, 0.05) is 12.8 Å². The summed E-state index contributed by atoms with van der Waals surface area (Å²) in [7, 11) is -3.78. The van der Waals surface area contributed by atoms with Crippen LogP contribution < -0.4 is 10.1 Å². The zero-order chi connectivity index (χ0) is 19.0. The maximum atomic E-state index is 12.3. The minimum absolute atomic E-state index is 0.00515. The Morgan fingerprint density at radius 3 is 2.30 bits per heavy atom. The summed E-state index contributed by atoms with van der Waals surface area (Å²) in [5.41, 5.74) is 2.29. The van der Waals surface area contributed by atoms with E-state index >= 15 is 0 Å². The van der Waals surface area contributed by atoms with E-state index in [-0.39, 0.29) is 10.8 Å². The van der Waals surface area contributed by atoms with E-state index in [4.69, 9.17) is 5.14 Å². The molecule has 27 heavy (non-hydrogen) atoms. The number of carbonyl (C=O) groups excluding carboxylic acids is 1. The van der Waals surface area contributed by atoms with Gasteiger partial charge in [-0.2, -0.15) is 5.10 Å². The van der Waals surface area contributed by atoms with Crippen LogP contribution in [-0.2, 0) is 14.8 Å². The Bertz CT molecular complexity index is 1170. The van der Waals surface area contributed by atoms with E-state index in [0.717, 1.165) is 22.0 Å². The van der Waals surface area contributed by atoms with E-state index in [1.165, 1.54) is 29.3 Å². The van der Waals surface area contributed by atoms with Gasteiger partial charge in [-0.15, -0.1) is 0 Å². The normalized spacial score (nSPS) is 15.1. The van der Waals surface area contributed by atoms with Crippen LogP contribution in [0, 0.1) is 0 Å². The first-order valence-corrected chi connectivity index (χ1v) is 9.99. The molecular weight excluding hydrogens is 362 g/mol. The van der Waals surface area contributed by atoms with Crippen molar-refractivity contribution in [1.82, 2.24) is 0 Å². The van der Waals surface area contributed by atoms with Gasteiger partial charge >= 0.3 is 0 Å². The lowest BCUT2D eigenvalue weighted by atomic mass is 10.0. The largest absolute Gasteiger partial charge is 0.273 e. The Morgan fingerprint density at radius 2 is 1.59 bits per heavy atom. The van der Waals surface area contributed by atoms with Crippen LogP contribution in [0.3, 0.4) is 0 Å².